The van der Waals surface area contributed by atoms with Gasteiger partial charge in [-0.2, -0.15) is 0 Å². The van der Waals surface area contributed by atoms with Crippen LogP contribution in [0.15, 0.2) is 53.5 Å². The van der Waals surface area contributed by atoms with Crippen molar-refractivity contribution in [1.82, 2.24) is 5.32 Å². The van der Waals surface area contributed by atoms with E-state index in [0.29, 0.717) is 24.6 Å². The Morgan fingerprint density at radius 3 is 2.50 bits per heavy atom. The molecule has 0 radical (unpaired) electrons. The molecule has 0 unspecified atom stereocenters. The molecule has 4 N–H and O–H groups in total. The zero-order valence-corrected chi connectivity index (χ0v) is 16.2. The smallest absolute Gasteiger partial charge is 0.251 e. The molecule has 0 spiro atoms. The van der Waals surface area contributed by atoms with Gasteiger partial charge in [-0.3, -0.25) is 4.79 Å². The van der Waals surface area contributed by atoms with Crippen molar-refractivity contribution in [3.05, 3.63) is 65.2 Å². The van der Waals surface area contributed by atoms with Crippen LogP contribution < -0.4 is 16.4 Å². The summed E-state index contributed by atoms with van der Waals surface area (Å²) in [6, 6.07) is 15.3. The van der Waals surface area contributed by atoms with Crippen molar-refractivity contribution in [1.29, 1.82) is 0 Å². The second kappa shape index (κ2) is 9.92. The fourth-order valence-corrected chi connectivity index (χ4v) is 2.11. The Kier molecular flexibility index (Phi) is 8.25. The Labute approximate surface area is 159 Å². The molecule has 0 bridgehead atoms. The second-order valence-electron chi connectivity index (χ2n) is 5.25. The van der Waals surface area contributed by atoms with Crippen LogP contribution in [0.5, 0.6) is 0 Å². The summed E-state index contributed by atoms with van der Waals surface area (Å²) in [5.41, 5.74) is 9.60. The molecule has 0 saturated carbocycles. The lowest BCUT2D eigenvalue weighted by molar-refractivity contribution is 0.0956. The van der Waals surface area contributed by atoms with E-state index in [9.17, 15) is 4.79 Å². The maximum Gasteiger partial charge on any atom is 0.251 e. The van der Waals surface area contributed by atoms with Gasteiger partial charge in [0.2, 0.25) is 0 Å². The Morgan fingerprint density at radius 2 is 1.88 bits per heavy atom. The van der Waals surface area contributed by atoms with Crippen LogP contribution in [0.3, 0.4) is 0 Å². The van der Waals surface area contributed by atoms with E-state index in [1.807, 2.05) is 50.2 Å². The van der Waals surface area contributed by atoms with Gasteiger partial charge in [-0.15, -0.1) is 24.0 Å². The van der Waals surface area contributed by atoms with Crippen LogP contribution in [0.1, 0.15) is 28.4 Å². The molecule has 1 amide bonds. The van der Waals surface area contributed by atoms with Gasteiger partial charge in [0.25, 0.3) is 5.91 Å². The van der Waals surface area contributed by atoms with Gasteiger partial charge in [-0.05, 0) is 49.2 Å². The molecule has 2 aromatic carbocycles. The first-order valence-corrected chi connectivity index (χ1v) is 7.59. The largest absolute Gasteiger partial charge is 0.370 e. The number of nitrogens with one attached hydrogen (secondary N) is 2. The number of halogens is 1. The van der Waals surface area contributed by atoms with Crippen molar-refractivity contribution >= 4 is 41.5 Å². The van der Waals surface area contributed by atoms with E-state index in [1.165, 1.54) is 0 Å². The molecule has 0 fully saturated rings. The van der Waals surface area contributed by atoms with Crippen LogP contribution in [0.4, 0.5) is 5.69 Å². The highest BCUT2D eigenvalue weighted by atomic mass is 127. The monoisotopic (exact) mass is 438 g/mol. The van der Waals surface area contributed by atoms with Gasteiger partial charge >= 0.3 is 0 Å². The standard InChI is InChI=1S/C18H22N4O.HI/c1-3-20-17(23)15-9-7-14(8-10-15)12-21-18(19)22-16-6-4-5-13(2)11-16;/h4-11H,3,12H2,1-2H3,(H,20,23)(H3,19,21,22);1H. The lowest BCUT2D eigenvalue weighted by atomic mass is 10.1. The number of benzene rings is 2. The van der Waals surface area contributed by atoms with Crippen molar-refractivity contribution in [2.75, 3.05) is 11.9 Å². The van der Waals surface area contributed by atoms with Crippen molar-refractivity contribution in [2.24, 2.45) is 10.7 Å². The third-order valence-corrected chi connectivity index (χ3v) is 3.28. The van der Waals surface area contributed by atoms with Gasteiger partial charge in [0.15, 0.2) is 5.96 Å². The molecule has 0 aliphatic heterocycles. The number of amides is 1. The van der Waals surface area contributed by atoms with Crippen molar-refractivity contribution in [3.63, 3.8) is 0 Å². The molecule has 0 aromatic heterocycles. The molecule has 0 aliphatic rings. The molecule has 5 nitrogen and oxygen atoms in total. The van der Waals surface area contributed by atoms with Crippen molar-refractivity contribution in [2.45, 2.75) is 20.4 Å². The predicted molar refractivity (Wildman–Crippen MR) is 110 cm³/mol. The van der Waals surface area contributed by atoms with Crippen LogP contribution in [0, 0.1) is 6.92 Å². The van der Waals surface area contributed by atoms with Gasteiger partial charge in [-0.1, -0.05) is 24.3 Å². The van der Waals surface area contributed by atoms with Crippen LogP contribution in [-0.2, 0) is 6.54 Å². The third kappa shape index (κ3) is 6.19. The van der Waals surface area contributed by atoms with E-state index in [2.05, 4.69) is 15.6 Å². The van der Waals surface area contributed by atoms with E-state index >= 15 is 0 Å². The van der Waals surface area contributed by atoms with Gasteiger partial charge in [0, 0.05) is 17.8 Å². The topological polar surface area (TPSA) is 79.5 Å². The molecule has 0 atom stereocenters. The van der Waals surface area contributed by atoms with Gasteiger partial charge < -0.3 is 16.4 Å². The number of nitrogens with zero attached hydrogens (tertiary/aromatic N) is 1. The third-order valence-electron chi connectivity index (χ3n) is 3.28. The summed E-state index contributed by atoms with van der Waals surface area (Å²) >= 11 is 0. The van der Waals surface area contributed by atoms with Gasteiger partial charge in [0.1, 0.15) is 0 Å². The maximum absolute atomic E-state index is 11.7. The molecule has 6 heteroatoms. The van der Waals surface area contributed by atoms with Gasteiger partial charge in [-0.25, -0.2) is 4.99 Å². The molecule has 128 valence electrons. The Hall–Kier alpha value is -2.09. The average molecular weight is 438 g/mol. The van der Waals surface area contributed by atoms with E-state index in [1.54, 1.807) is 12.1 Å². The Balaban J connectivity index is 0.00000288. The first-order chi connectivity index (χ1) is 11.1. The molecule has 2 rings (SSSR count). The van der Waals surface area contributed by atoms with E-state index in [-0.39, 0.29) is 29.9 Å². The van der Waals surface area contributed by atoms with Gasteiger partial charge in [0.05, 0.1) is 6.54 Å². The summed E-state index contributed by atoms with van der Waals surface area (Å²) in [6.07, 6.45) is 0. The van der Waals surface area contributed by atoms with Crippen LogP contribution in [0.2, 0.25) is 0 Å². The van der Waals surface area contributed by atoms with Crippen molar-refractivity contribution in [3.8, 4) is 0 Å². The summed E-state index contributed by atoms with van der Waals surface area (Å²) in [5, 5.41) is 5.83. The molecule has 0 saturated heterocycles. The minimum absolute atomic E-state index is 0. The average Bonchev–Trinajstić information content (AvgIpc) is 2.54. The molecule has 2 aromatic rings. The zero-order valence-electron chi connectivity index (χ0n) is 13.9. The fraction of sp³-hybridized carbons (Fsp3) is 0.222. The van der Waals surface area contributed by atoms with Crippen LogP contribution >= 0.6 is 24.0 Å². The fourth-order valence-electron chi connectivity index (χ4n) is 2.11. The summed E-state index contributed by atoms with van der Waals surface area (Å²) in [5.74, 6) is 0.298. The van der Waals surface area contributed by atoms with E-state index < -0.39 is 0 Å². The van der Waals surface area contributed by atoms with E-state index in [4.69, 9.17) is 5.73 Å². The number of hydrogen-bond acceptors (Lipinski definition) is 2. The summed E-state index contributed by atoms with van der Waals surface area (Å²) in [4.78, 5) is 16.0. The summed E-state index contributed by atoms with van der Waals surface area (Å²) in [7, 11) is 0. The number of aryl methyl sites for hydroxylation is 1. The number of rotatable bonds is 5. The highest BCUT2D eigenvalue weighted by molar-refractivity contribution is 14.0. The van der Waals surface area contributed by atoms with E-state index in [0.717, 1.165) is 16.8 Å². The minimum Gasteiger partial charge on any atom is -0.370 e. The highest BCUT2D eigenvalue weighted by Crippen LogP contribution is 2.09. The first kappa shape index (κ1) is 20.0. The molecule has 0 aliphatic carbocycles. The SMILES string of the molecule is CCNC(=O)c1ccc(CN=C(N)Nc2cccc(C)c2)cc1.I. The Morgan fingerprint density at radius 1 is 1.17 bits per heavy atom. The number of nitrogens with two attached hydrogens (primary N) is 1. The maximum atomic E-state index is 11.7. The Bertz CT molecular complexity index is 698. The number of aliphatic imine (C=N–C) groups is 1. The molecule has 24 heavy (non-hydrogen) atoms. The summed E-state index contributed by atoms with van der Waals surface area (Å²) in [6.45, 7) is 4.99. The molecular formula is C18H23IN4O. The number of anilines is 1. The minimum atomic E-state index is -0.0665. The lowest BCUT2D eigenvalue weighted by Crippen LogP contribution is -2.23. The van der Waals surface area contributed by atoms with Crippen LogP contribution in [-0.4, -0.2) is 18.4 Å². The predicted octanol–water partition coefficient (Wildman–Crippen LogP) is 3.29. The highest BCUT2D eigenvalue weighted by Gasteiger charge is 2.03. The number of guanidine groups is 1. The quantitative estimate of drug-likeness (QED) is 0.381. The number of hydrogen-bond donors (Lipinski definition) is 3. The van der Waals surface area contributed by atoms with Crippen molar-refractivity contribution < 1.29 is 4.79 Å². The number of carbonyl (C=O) groups is 1. The normalized spacial score (nSPS) is 10.7. The lowest BCUT2D eigenvalue weighted by Gasteiger charge is -2.07. The zero-order chi connectivity index (χ0) is 16.7. The second-order valence-corrected chi connectivity index (χ2v) is 5.25. The molecular weight excluding hydrogens is 415 g/mol. The summed E-state index contributed by atoms with van der Waals surface area (Å²) < 4.78 is 0. The van der Waals surface area contributed by atoms with Crippen LogP contribution in [0.25, 0.3) is 0 Å². The number of carbonyl (C=O) groups excluding carboxylic acids is 1. The molecule has 0 heterocycles. The first-order valence-electron chi connectivity index (χ1n) is 7.59.